The maximum atomic E-state index is 11.9. The zero-order valence-corrected chi connectivity index (χ0v) is 12.3. The first-order valence-electron chi connectivity index (χ1n) is 6.92. The lowest BCUT2D eigenvalue weighted by molar-refractivity contribution is 0.573. The molecule has 0 spiro atoms. The first-order valence-corrected chi connectivity index (χ1v) is 6.92. The molecule has 0 atom stereocenters. The van der Waals surface area contributed by atoms with Gasteiger partial charge in [-0.25, -0.2) is 4.98 Å². The zero-order chi connectivity index (χ0) is 14.5. The lowest BCUT2D eigenvalue weighted by Gasteiger charge is -2.08. The summed E-state index contributed by atoms with van der Waals surface area (Å²) in [4.78, 5) is 16.0. The van der Waals surface area contributed by atoms with Crippen molar-refractivity contribution in [3.05, 3.63) is 40.2 Å². The third-order valence-electron chi connectivity index (χ3n) is 3.20. The van der Waals surface area contributed by atoms with Crippen molar-refractivity contribution < 1.29 is 0 Å². The highest BCUT2D eigenvalue weighted by Crippen LogP contribution is 2.03. The van der Waals surface area contributed by atoms with Gasteiger partial charge in [0.05, 0.1) is 5.69 Å². The summed E-state index contributed by atoms with van der Waals surface area (Å²) in [5, 5.41) is 7.51. The molecule has 2 aromatic heterocycles. The molecule has 0 fully saturated rings. The number of nitrogens with one attached hydrogen (secondary N) is 1. The maximum Gasteiger partial charge on any atom is 0.293 e. The molecule has 2 rings (SSSR count). The van der Waals surface area contributed by atoms with E-state index < -0.39 is 0 Å². The number of rotatable bonds is 6. The summed E-state index contributed by atoms with van der Waals surface area (Å²) < 4.78 is 3.62. The molecule has 6 nitrogen and oxygen atoms in total. The van der Waals surface area contributed by atoms with Gasteiger partial charge >= 0.3 is 0 Å². The van der Waals surface area contributed by atoms with Crippen LogP contribution in [0.4, 0.5) is 5.82 Å². The molecule has 2 aromatic rings. The standard InChI is InChI=1S/C14H21N5O/c1-4-18-9-7-16-13(14(18)20)15-6-5-8-19-12(3)10-11(2)17-19/h7,9-10H,4-6,8H2,1-3H3,(H,15,16). The van der Waals surface area contributed by atoms with Crippen LogP contribution in [0.25, 0.3) is 0 Å². The molecule has 1 N–H and O–H groups in total. The van der Waals surface area contributed by atoms with E-state index in [0.717, 1.165) is 24.4 Å². The molecule has 6 heteroatoms. The highest BCUT2D eigenvalue weighted by Gasteiger charge is 2.03. The van der Waals surface area contributed by atoms with Crippen molar-refractivity contribution in [3.63, 3.8) is 0 Å². The number of anilines is 1. The Labute approximate surface area is 118 Å². The highest BCUT2D eigenvalue weighted by atomic mass is 16.1. The Morgan fingerprint density at radius 3 is 2.80 bits per heavy atom. The topological polar surface area (TPSA) is 64.7 Å². The molecule has 0 radical (unpaired) electrons. The number of hydrogen-bond acceptors (Lipinski definition) is 4. The van der Waals surface area contributed by atoms with E-state index in [4.69, 9.17) is 0 Å². The zero-order valence-electron chi connectivity index (χ0n) is 12.3. The van der Waals surface area contributed by atoms with E-state index in [1.54, 1.807) is 17.0 Å². The number of aromatic nitrogens is 4. The third kappa shape index (κ3) is 3.26. The largest absolute Gasteiger partial charge is 0.365 e. The molecule has 0 aliphatic carbocycles. The molecule has 2 heterocycles. The summed E-state index contributed by atoms with van der Waals surface area (Å²) >= 11 is 0. The molecule has 0 bridgehead atoms. The Hall–Kier alpha value is -2.11. The molecule has 0 saturated carbocycles. The predicted molar refractivity (Wildman–Crippen MR) is 79.0 cm³/mol. The van der Waals surface area contributed by atoms with Gasteiger partial charge in [-0.2, -0.15) is 5.10 Å². The van der Waals surface area contributed by atoms with Crippen LogP contribution in [0.3, 0.4) is 0 Å². The van der Waals surface area contributed by atoms with Crippen molar-refractivity contribution in [2.24, 2.45) is 0 Å². The van der Waals surface area contributed by atoms with Gasteiger partial charge in [0.2, 0.25) is 0 Å². The van der Waals surface area contributed by atoms with Crippen LogP contribution in [0.5, 0.6) is 0 Å². The van der Waals surface area contributed by atoms with Crippen molar-refractivity contribution in [1.82, 2.24) is 19.3 Å². The fraction of sp³-hybridized carbons (Fsp3) is 0.500. The van der Waals surface area contributed by atoms with Gasteiger partial charge in [-0.3, -0.25) is 9.48 Å². The van der Waals surface area contributed by atoms with Crippen molar-refractivity contribution >= 4 is 5.82 Å². The third-order valence-corrected chi connectivity index (χ3v) is 3.20. The minimum absolute atomic E-state index is 0.0684. The van der Waals surface area contributed by atoms with Crippen LogP contribution in [0.2, 0.25) is 0 Å². The van der Waals surface area contributed by atoms with Crippen molar-refractivity contribution in [2.75, 3.05) is 11.9 Å². The number of hydrogen-bond donors (Lipinski definition) is 1. The van der Waals surface area contributed by atoms with Crippen LogP contribution in [0, 0.1) is 13.8 Å². The van der Waals surface area contributed by atoms with E-state index >= 15 is 0 Å². The second kappa shape index (κ2) is 6.36. The summed E-state index contributed by atoms with van der Waals surface area (Å²) in [6.45, 7) is 8.17. The highest BCUT2D eigenvalue weighted by molar-refractivity contribution is 5.30. The van der Waals surface area contributed by atoms with Crippen molar-refractivity contribution in [1.29, 1.82) is 0 Å². The SMILES string of the molecule is CCn1ccnc(NCCCn2nc(C)cc2C)c1=O. The molecule has 0 aromatic carbocycles. The molecule has 0 amide bonds. The number of nitrogens with zero attached hydrogens (tertiary/aromatic N) is 4. The lowest BCUT2D eigenvalue weighted by Crippen LogP contribution is -2.24. The predicted octanol–water partition coefficient (Wildman–Crippen LogP) is 1.58. The average Bonchev–Trinajstić information content (AvgIpc) is 2.74. The summed E-state index contributed by atoms with van der Waals surface area (Å²) in [5.74, 6) is 0.419. The Bertz CT molecular complexity index is 629. The Morgan fingerprint density at radius 2 is 2.15 bits per heavy atom. The average molecular weight is 275 g/mol. The van der Waals surface area contributed by atoms with E-state index in [1.165, 1.54) is 0 Å². The maximum absolute atomic E-state index is 11.9. The van der Waals surface area contributed by atoms with E-state index in [-0.39, 0.29) is 5.56 Å². The van der Waals surface area contributed by atoms with Gasteiger partial charge in [0.1, 0.15) is 0 Å². The van der Waals surface area contributed by atoms with Gasteiger partial charge < -0.3 is 9.88 Å². The van der Waals surface area contributed by atoms with Crippen LogP contribution in [0.1, 0.15) is 24.7 Å². The van der Waals surface area contributed by atoms with E-state index in [9.17, 15) is 4.79 Å². The fourth-order valence-corrected chi connectivity index (χ4v) is 2.15. The van der Waals surface area contributed by atoms with Gasteiger partial charge in [0, 0.05) is 37.7 Å². The van der Waals surface area contributed by atoms with E-state index in [2.05, 4.69) is 21.5 Å². The summed E-state index contributed by atoms with van der Waals surface area (Å²) in [7, 11) is 0. The quantitative estimate of drug-likeness (QED) is 0.813. The normalized spacial score (nSPS) is 10.8. The lowest BCUT2D eigenvalue weighted by atomic mass is 10.4. The smallest absolute Gasteiger partial charge is 0.293 e. The molecule has 20 heavy (non-hydrogen) atoms. The second-order valence-corrected chi connectivity index (χ2v) is 4.80. The van der Waals surface area contributed by atoms with Crippen LogP contribution in [0.15, 0.2) is 23.3 Å². The van der Waals surface area contributed by atoms with Gasteiger partial charge in [0.15, 0.2) is 5.82 Å². The van der Waals surface area contributed by atoms with E-state index in [1.807, 2.05) is 25.5 Å². The molecule has 0 unspecified atom stereocenters. The molecule has 108 valence electrons. The summed E-state index contributed by atoms with van der Waals surface area (Å²) in [6.07, 6.45) is 4.24. The number of aryl methyl sites for hydroxylation is 4. The van der Waals surface area contributed by atoms with Crippen molar-refractivity contribution in [2.45, 2.75) is 40.3 Å². The van der Waals surface area contributed by atoms with Crippen molar-refractivity contribution in [3.8, 4) is 0 Å². The Balaban J connectivity index is 1.88. The van der Waals surface area contributed by atoms with Gasteiger partial charge in [-0.05, 0) is 33.3 Å². The molecular weight excluding hydrogens is 254 g/mol. The van der Waals surface area contributed by atoms with Crippen LogP contribution in [-0.2, 0) is 13.1 Å². The van der Waals surface area contributed by atoms with Gasteiger partial charge in [0.25, 0.3) is 5.56 Å². The van der Waals surface area contributed by atoms with Gasteiger partial charge in [-0.1, -0.05) is 0 Å². The Morgan fingerprint density at radius 1 is 1.35 bits per heavy atom. The van der Waals surface area contributed by atoms with Crippen LogP contribution < -0.4 is 10.9 Å². The first-order chi connectivity index (χ1) is 9.61. The minimum Gasteiger partial charge on any atom is -0.365 e. The fourth-order valence-electron chi connectivity index (χ4n) is 2.15. The minimum atomic E-state index is -0.0684. The van der Waals surface area contributed by atoms with Crippen LogP contribution >= 0.6 is 0 Å². The second-order valence-electron chi connectivity index (χ2n) is 4.80. The first kappa shape index (κ1) is 14.3. The van der Waals surface area contributed by atoms with E-state index in [0.29, 0.717) is 18.9 Å². The summed E-state index contributed by atoms with van der Waals surface area (Å²) in [5.41, 5.74) is 2.13. The summed E-state index contributed by atoms with van der Waals surface area (Å²) in [6, 6.07) is 2.06. The molecular formula is C14H21N5O. The van der Waals surface area contributed by atoms with Gasteiger partial charge in [-0.15, -0.1) is 0 Å². The Kier molecular flexibility index (Phi) is 4.55. The van der Waals surface area contributed by atoms with Crippen LogP contribution in [-0.4, -0.2) is 25.9 Å². The molecule has 0 aliphatic rings. The molecule has 0 aliphatic heterocycles. The monoisotopic (exact) mass is 275 g/mol. The molecule has 0 saturated heterocycles.